The summed E-state index contributed by atoms with van der Waals surface area (Å²) in [6.07, 6.45) is 2.78. The highest BCUT2D eigenvalue weighted by Crippen LogP contribution is 2.31. The fraction of sp³-hybridized carbons (Fsp3) is 0.857. The Labute approximate surface area is 114 Å². The molecule has 1 unspecified atom stereocenters. The summed E-state index contributed by atoms with van der Waals surface area (Å²) < 4.78 is 5.40. The van der Waals surface area contributed by atoms with Crippen LogP contribution in [0.15, 0.2) is 0 Å². The first-order chi connectivity index (χ1) is 8.74. The second-order valence-corrected chi connectivity index (χ2v) is 6.25. The average molecular weight is 271 g/mol. The van der Waals surface area contributed by atoms with Gasteiger partial charge in [0, 0.05) is 0 Å². The molecule has 1 rings (SSSR count). The van der Waals surface area contributed by atoms with E-state index in [9.17, 15) is 9.59 Å². The Morgan fingerprint density at radius 2 is 1.74 bits per heavy atom. The smallest absolute Gasteiger partial charge is 0.323 e. The first kappa shape index (κ1) is 16.0. The third-order valence-corrected chi connectivity index (χ3v) is 3.56. The van der Waals surface area contributed by atoms with Crippen LogP contribution in [0.3, 0.4) is 0 Å². The molecule has 0 aromatic carbocycles. The van der Waals surface area contributed by atoms with Crippen molar-refractivity contribution in [2.75, 3.05) is 7.05 Å². The van der Waals surface area contributed by atoms with Gasteiger partial charge in [0.25, 0.3) is 0 Å². The van der Waals surface area contributed by atoms with E-state index in [4.69, 9.17) is 9.84 Å². The topological polar surface area (TPSA) is 75.6 Å². The average Bonchev–Trinajstić information content (AvgIpc) is 2.28. The number of ether oxygens (including phenoxy) is 1. The normalized spacial score (nSPS) is 25.7. The SMILES string of the molecule is CNC(C(=O)OC(C)(C)C)[C@H]1CC[C@H](C(=O)O)CC1. The number of carboxylic acids is 1. The molecule has 0 radical (unpaired) electrons. The summed E-state index contributed by atoms with van der Waals surface area (Å²) in [6.45, 7) is 5.54. The predicted octanol–water partition coefficient (Wildman–Crippen LogP) is 1.81. The first-order valence-corrected chi connectivity index (χ1v) is 6.87. The number of carbonyl (C=O) groups is 2. The molecule has 0 aromatic heterocycles. The number of aliphatic carboxylic acids is 1. The zero-order valence-corrected chi connectivity index (χ0v) is 12.2. The molecule has 0 aromatic rings. The minimum absolute atomic E-state index is 0.162. The Morgan fingerprint density at radius 1 is 1.21 bits per heavy atom. The second-order valence-electron chi connectivity index (χ2n) is 6.25. The van der Waals surface area contributed by atoms with Crippen LogP contribution in [0.5, 0.6) is 0 Å². The Balaban J connectivity index is 2.57. The molecule has 5 nitrogen and oxygen atoms in total. The molecule has 0 saturated heterocycles. The van der Waals surface area contributed by atoms with E-state index in [2.05, 4.69) is 5.32 Å². The number of hydrogen-bond acceptors (Lipinski definition) is 4. The van der Waals surface area contributed by atoms with Crippen molar-refractivity contribution in [2.45, 2.75) is 58.1 Å². The number of likely N-dealkylation sites (N-methyl/N-ethyl adjacent to an activating group) is 1. The van der Waals surface area contributed by atoms with E-state index in [0.717, 1.165) is 12.8 Å². The molecule has 5 heteroatoms. The van der Waals surface area contributed by atoms with Crippen LogP contribution in [0.2, 0.25) is 0 Å². The maximum absolute atomic E-state index is 12.1. The molecule has 0 heterocycles. The van der Waals surface area contributed by atoms with Crippen LogP contribution in [0.4, 0.5) is 0 Å². The van der Waals surface area contributed by atoms with Gasteiger partial charge in [-0.2, -0.15) is 0 Å². The molecular formula is C14H25NO4. The van der Waals surface area contributed by atoms with E-state index in [1.807, 2.05) is 20.8 Å². The lowest BCUT2D eigenvalue weighted by Gasteiger charge is -2.32. The van der Waals surface area contributed by atoms with Crippen molar-refractivity contribution in [3.63, 3.8) is 0 Å². The number of rotatable bonds is 4. The van der Waals surface area contributed by atoms with Crippen LogP contribution in [0, 0.1) is 11.8 Å². The number of hydrogen-bond donors (Lipinski definition) is 2. The van der Waals surface area contributed by atoms with Crippen LogP contribution in [0.1, 0.15) is 46.5 Å². The highest BCUT2D eigenvalue weighted by atomic mass is 16.6. The number of carboxylic acid groups (broad SMARTS) is 1. The van der Waals surface area contributed by atoms with Gasteiger partial charge < -0.3 is 15.2 Å². The zero-order valence-electron chi connectivity index (χ0n) is 12.2. The van der Waals surface area contributed by atoms with Gasteiger partial charge in [-0.25, -0.2) is 0 Å². The van der Waals surface area contributed by atoms with E-state index in [-0.39, 0.29) is 23.8 Å². The quantitative estimate of drug-likeness (QED) is 0.763. The Morgan fingerprint density at radius 3 is 2.11 bits per heavy atom. The lowest BCUT2D eigenvalue weighted by molar-refractivity contribution is -0.159. The summed E-state index contributed by atoms with van der Waals surface area (Å²) in [4.78, 5) is 23.0. The highest BCUT2D eigenvalue weighted by Gasteiger charge is 2.35. The molecule has 0 spiro atoms. The van der Waals surface area contributed by atoms with E-state index in [1.165, 1.54) is 0 Å². The molecular weight excluding hydrogens is 246 g/mol. The van der Waals surface area contributed by atoms with Gasteiger partial charge in [-0.3, -0.25) is 9.59 Å². The zero-order chi connectivity index (χ0) is 14.6. The molecule has 1 aliphatic rings. The molecule has 2 N–H and O–H groups in total. The van der Waals surface area contributed by atoms with Crippen LogP contribution >= 0.6 is 0 Å². The molecule has 1 atom stereocenters. The summed E-state index contributed by atoms with van der Waals surface area (Å²) in [7, 11) is 1.75. The van der Waals surface area contributed by atoms with E-state index < -0.39 is 11.6 Å². The molecule has 0 bridgehead atoms. The predicted molar refractivity (Wildman–Crippen MR) is 71.8 cm³/mol. The number of esters is 1. The fourth-order valence-electron chi connectivity index (χ4n) is 2.61. The number of carbonyl (C=O) groups excluding carboxylic acids is 1. The van der Waals surface area contributed by atoms with Gasteiger partial charge in [-0.15, -0.1) is 0 Å². The van der Waals surface area contributed by atoms with Crippen molar-refractivity contribution in [1.29, 1.82) is 0 Å². The molecule has 1 saturated carbocycles. The van der Waals surface area contributed by atoms with Crippen molar-refractivity contribution in [1.82, 2.24) is 5.32 Å². The van der Waals surface area contributed by atoms with Gasteiger partial charge in [-0.1, -0.05) is 0 Å². The fourth-order valence-corrected chi connectivity index (χ4v) is 2.61. The Bertz CT molecular complexity index is 327. The van der Waals surface area contributed by atoms with Crippen LogP contribution in [-0.2, 0) is 14.3 Å². The Kier molecular flexibility index (Phi) is 5.35. The van der Waals surface area contributed by atoms with Gasteiger partial charge in [0.05, 0.1) is 5.92 Å². The first-order valence-electron chi connectivity index (χ1n) is 6.87. The third-order valence-electron chi connectivity index (χ3n) is 3.56. The summed E-state index contributed by atoms with van der Waals surface area (Å²) in [5.74, 6) is -1.06. The monoisotopic (exact) mass is 271 g/mol. The number of nitrogens with one attached hydrogen (secondary N) is 1. The highest BCUT2D eigenvalue weighted by molar-refractivity contribution is 5.76. The van der Waals surface area contributed by atoms with Gasteiger partial charge >= 0.3 is 11.9 Å². The van der Waals surface area contributed by atoms with Crippen molar-refractivity contribution < 1.29 is 19.4 Å². The molecule has 1 aliphatic carbocycles. The van der Waals surface area contributed by atoms with Crippen molar-refractivity contribution in [3.8, 4) is 0 Å². The third kappa shape index (κ3) is 4.82. The van der Waals surface area contributed by atoms with E-state index in [0.29, 0.717) is 12.8 Å². The van der Waals surface area contributed by atoms with Crippen molar-refractivity contribution >= 4 is 11.9 Å². The molecule has 19 heavy (non-hydrogen) atoms. The van der Waals surface area contributed by atoms with Gasteiger partial charge in [0.15, 0.2) is 0 Å². The van der Waals surface area contributed by atoms with Crippen molar-refractivity contribution in [2.24, 2.45) is 11.8 Å². The van der Waals surface area contributed by atoms with E-state index in [1.54, 1.807) is 7.05 Å². The minimum Gasteiger partial charge on any atom is -0.481 e. The molecule has 110 valence electrons. The van der Waals surface area contributed by atoms with Gasteiger partial charge in [-0.05, 0) is 59.4 Å². The largest absolute Gasteiger partial charge is 0.481 e. The van der Waals surface area contributed by atoms with Crippen LogP contribution in [-0.4, -0.2) is 35.7 Å². The molecule has 0 amide bonds. The maximum Gasteiger partial charge on any atom is 0.323 e. The Hall–Kier alpha value is -1.10. The minimum atomic E-state index is -0.725. The standard InChI is InChI=1S/C14H25NO4/c1-14(2,3)19-13(18)11(15-4)9-5-7-10(8-6-9)12(16)17/h9-11,15H,5-8H2,1-4H3,(H,16,17)/t9-,10-,11?. The maximum atomic E-state index is 12.1. The molecule has 1 fully saturated rings. The molecule has 0 aliphatic heterocycles. The lowest BCUT2D eigenvalue weighted by Crippen LogP contribution is -2.46. The van der Waals surface area contributed by atoms with Crippen LogP contribution < -0.4 is 5.32 Å². The summed E-state index contributed by atoms with van der Waals surface area (Å²) in [5, 5.41) is 12.0. The van der Waals surface area contributed by atoms with Crippen molar-refractivity contribution in [3.05, 3.63) is 0 Å². The second kappa shape index (κ2) is 6.37. The summed E-state index contributed by atoms with van der Waals surface area (Å²) >= 11 is 0. The van der Waals surface area contributed by atoms with Gasteiger partial charge in [0.2, 0.25) is 0 Å². The summed E-state index contributed by atoms with van der Waals surface area (Å²) in [6, 6.07) is -0.339. The van der Waals surface area contributed by atoms with E-state index >= 15 is 0 Å². The van der Waals surface area contributed by atoms with Gasteiger partial charge in [0.1, 0.15) is 11.6 Å². The summed E-state index contributed by atoms with van der Waals surface area (Å²) in [5.41, 5.74) is -0.496. The van der Waals surface area contributed by atoms with Crippen LogP contribution in [0.25, 0.3) is 0 Å². The lowest BCUT2D eigenvalue weighted by atomic mass is 9.78.